The van der Waals surface area contributed by atoms with Crippen LogP contribution >= 0.6 is 0 Å². The maximum atomic E-state index is 13.6. The first kappa shape index (κ1) is 29.8. The second kappa shape index (κ2) is 13.0. The third-order valence-electron chi connectivity index (χ3n) is 6.84. The van der Waals surface area contributed by atoms with Gasteiger partial charge in [-0.3, -0.25) is 9.59 Å². The van der Waals surface area contributed by atoms with E-state index in [2.05, 4.69) is 40.2 Å². The molecule has 4 rings (SSSR count). The molecule has 1 heterocycles. The topological polar surface area (TPSA) is 115 Å². The van der Waals surface area contributed by atoms with Crippen LogP contribution in [0.1, 0.15) is 42.9 Å². The molecule has 3 amide bonds. The summed E-state index contributed by atoms with van der Waals surface area (Å²) in [6.45, 7) is 1.03. The summed E-state index contributed by atoms with van der Waals surface area (Å²) in [5, 5.41) is 12.5. The van der Waals surface area contributed by atoms with Crippen molar-refractivity contribution in [1.29, 1.82) is 0 Å². The Hall–Kier alpha value is -4.13. The van der Waals surface area contributed by atoms with Gasteiger partial charge < -0.3 is 30.1 Å². The molecule has 1 fully saturated rings. The third-order valence-corrected chi connectivity index (χ3v) is 6.84. The lowest BCUT2D eigenvalue weighted by atomic mass is 9.86. The van der Waals surface area contributed by atoms with Gasteiger partial charge in [-0.2, -0.15) is 13.2 Å². The van der Waals surface area contributed by atoms with E-state index in [1.165, 1.54) is 19.4 Å². The Morgan fingerprint density at radius 1 is 1.10 bits per heavy atom. The fourth-order valence-electron chi connectivity index (χ4n) is 4.99. The van der Waals surface area contributed by atoms with E-state index in [0.717, 1.165) is 44.4 Å². The van der Waals surface area contributed by atoms with Crippen LogP contribution in [0.4, 0.5) is 35.2 Å². The number of alkyl halides is 3. The normalized spacial score (nSPS) is 17.2. The molecule has 1 aliphatic carbocycles. The van der Waals surface area contributed by atoms with Crippen LogP contribution in [0.3, 0.4) is 0 Å². The Morgan fingerprint density at radius 2 is 1.78 bits per heavy atom. The molecule has 1 aliphatic rings. The van der Waals surface area contributed by atoms with Gasteiger partial charge in [0.05, 0.1) is 19.1 Å². The number of rotatable bonds is 9. The zero-order chi connectivity index (χ0) is 29.6. The van der Waals surface area contributed by atoms with Crippen molar-refractivity contribution < 1.29 is 36.7 Å². The van der Waals surface area contributed by atoms with E-state index in [1.807, 2.05) is 0 Å². The number of hydrogen-bond acceptors (Lipinski definition) is 6. The van der Waals surface area contributed by atoms with Crippen LogP contribution in [0.5, 0.6) is 5.75 Å². The van der Waals surface area contributed by atoms with Gasteiger partial charge in [-0.1, -0.05) is 22.9 Å². The molecule has 3 aromatic rings. The van der Waals surface area contributed by atoms with Crippen molar-refractivity contribution in [2.75, 3.05) is 38.4 Å². The molecule has 1 saturated carbocycles. The number of carbonyl (C=O) groups is 2. The van der Waals surface area contributed by atoms with Crippen LogP contribution in [0.25, 0.3) is 5.32 Å². The molecule has 0 bridgehead atoms. The number of nitrogens with zero attached hydrogens (tertiary/aromatic N) is 4. The van der Waals surface area contributed by atoms with Crippen molar-refractivity contribution in [3.8, 4) is 5.75 Å². The fraction of sp³-hybridized carbons (Fsp3) is 0.429. The summed E-state index contributed by atoms with van der Waals surface area (Å²) < 4.78 is 52.8. The average Bonchev–Trinajstić information content (AvgIpc) is 3.36. The standard InChI is InChI=1S/C28H33F3N6O4/c1-36(2)16-18-8-10-23(11-9-18)37-17-26(41-35-37)34-27(39)33-22-14-20(28(29,30)31)13-21(15-22)32-25(38)12-19-6-4-5-7-24(19)40-3/h4-7,13-15,17-18,23H,8-12,16H2,1-3H3,(H2-,32,33,34,35,38,39). The maximum absolute atomic E-state index is 13.6. The number of methoxy groups -OCH3 is 1. The molecule has 13 heteroatoms. The largest absolute Gasteiger partial charge is 0.496 e. The number of amides is 3. The minimum atomic E-state index is -4.72. The van der Waals surface area contributed by atoms with Gasteiger partial charge in [0.15, 0.2) is 17.3 Å². The van der Waals surface area contributed by atoms with Gasteiger partial charge in [0, 0.05) is 30.6 Å². The van der Waals surface area contributed by atoms with Crippen molar-refractivity contribution >= 4 is 29.2 Å². The Morgan fingerprint density at radius 3 is 2.44 bits per heavy atom. The number of halogens is 3. The first-order valence-corrected chi connectivity index (χ1v) is 13.2. The van der Waals surface area contributed by atoms with Crippen LogP contribution in [-0.2, 0) is 17.4 Å². The molecule has 2 aromatic carbocycles. The van der Waals surface area contributed by atoms with Crippen molar-refractivity contribution in [2.45, 2.75) is 44.3 Å². The third kappa shape index (κ3) is 8.43. The number of nitrogens with one attached hydrogen (secondary N) is 2. The number of hydrogen-bond donors (Lipinski definition) is 2. The van der Waals surface area contributed by atoms with Crippen molar-refractivity contribution in [3.63, 3.8) is 0 Å². The highest BCUT2D eigenvalue weighted by Crippen LogP contribution is 2.34. The second-order valence-electron chi connectivity index (χ2n) is 10.3. The van der Waals surface area contributed by atoms with Crippen molar-refractivity contribution in [1.82, 2.24) is 10.2 Å². The summed E-state index contributed by atoms with van der Waals surface area (Å²) in [5.74, 6) is 0.465. The molecular weight excluding hydrogens is 541 g/mol. The van der Waals surface area contributed by atoms with E-state index in [-0.39, 0.29) is 29.7 Å². The predicted octanol–water partition coefficient (Wildman–Crippen LogP) is 5.70. The Labute approximate surface area is 235 Å². The van der Waals surface area contributed by atoms with Gasteiger partial charge in [0.1, 0.15) is 5.75 Å². The first-order chi connectivity index (χ1) is 19.5. The van der Waals surface area contributed by atoms with Crippen LogP contribution < -0.4 is 20.1 Å². The lowest BCUT2D eigenvalue weighted by molar-refractivity contribution is -0.787. The summed E-state index contributed by atoms with van der Waals surface area (Å²) in [5.41, 5.74) is -0.826. The average molecular weight is 575 g/mol. The lowest BCUT2D eigenvalue weighted by Gasteiger charge is -2.26. The minimum Gasteiger partial charge on any atom is -0.496 e. The van der Waals surface area contributed by atoms with Gasteiger partial charge >= 0.3 is 6.18 Å². The SMILES string of the molecule is COc1ccccc1CC(=O)Nc1cc(NC(=O)[N-]c2c[n+](C3CCC(CN(C)C)CC3)no2)cc(C(F)(F)F)c1. The van der Waals surface area contributed by atoms with Gasteiger partial charge in [0.25, 0.3) is 0 Å². The molecule has 0 unspecified atom stereocenters. The molecule has 1 aromatic heterocycles. The molecule has 0 spiro atoms. The molecule has 0 radical (unpaired) electrons. The van der Waals surface area contributed by atoms with E-state index in [1.54, 1.807) is 28.9 Å². The molecule has 0 aliphatic heterocycles. The Bertz CT molecular complexity index is 1350. The molecule has 0 saturated heterocycles. The highest BCUT2D eigenvalue weighted by atomic mass is 19.4. The fourth-order valence-corrected chi connectivity index (χ4v) is 4.99. The predicted molar refractivity (Wildman–Crippen MR) is 145 cm³/mol. The summed E-state index contributed by atoms with van der Waals surface area (Å²) in [6.07, 6.45) is 0.578. The van der Waals surface area contributed by atoms with E-state index in [0.29, 0.717) is 17.2 Å². The van der Waals surface area contributed by atoms with Crippen molar-refractivity contribution in [2.24, 2.45) is 5.92 Å². The molecule has 0 atom stereocenters. The summed E-state index contributed by atoms with van der Waals surface area (Å²) in [6, 6.07) is 8.76. The summed E-state index contributed by atoms with van der Waals surface area (Å²) >= 11 is 0. The number of para-hydroxylation sites is 1. The highest BCUT2D eigenvalue weighted by Gasteiger charge is 2.32. The summed E-state index contributed by atoms with van der Waals surface area (Å²) in [4.78, 5) is 27.3. The lowest BCUT2D eigenvalue weighted by Crippen LogP contribution is -2.43. The molecule has 10 nitrogen and oxygen atoms in total. The quantitative estimate of drug-likeness (QED) is 0.317. The molecule has 220 valence electrons. The molecular formula is C28H33F3N6O4. The number of urea groups is 1. The van der Waals surface area contributed by atoms with Gasteiger partial charge in [-0.25, -0.2) is 0 Å². The summed E-state index contributed by atoms with van der Waals surface area (Å²) in [7, 11) is 5.56. The van der Waals surface area contributed by atoms with Crippen LogP contribution in [-0.4, -0.2) is 49.9 Å². The van der Waals surface area contributed by atoms with E-state index < -0.39 is 23.7 Å². The van der Waals surface area contributed by atoms with Gasteiger partial charge in [0.2, 0.25) is 18.0 Å². The van der Waals surface area contributed by atoms with Crippen LogP contribution in [0.15, 0.2) is 53.2 Å². The van der Waals surface area contributed by atoms with E-state index in [4.69, 9.17) is 9.26 Å². The van der Waals surface area contributed by atoms with E-state index >= 15 is 0 Å². The van der Waals surface area contributed by atoms with Crippen LogP contribution in [0.2, 0.25) is 0 Å². The zero-order valence-corrected chi connectivity index (χ0v) is 23.1. The number of aromatic nitrogens is 2. The number of carbonyl (C=O) groups excluding carboxylic acids is 2. The molecule has 2 N–H and O–H groups in total. The number of ether oxygens (including phenoxy) is 1. The Kier molecular flexibility index (Phi) is 9.48. The second-order valence-corrected chi connectivity index (χ2v) is 10.3. The van der Waals surface area contributed by atoms with Crippen LogP contribution in [0, 0.1) is 5.92 Å². The maximum Gasteiger partial charge on any atom is 0.416 e. The van der Waals surface area contributed by atoms with E-state index in [9.17, 15) is 22.8 Å². The highest BCUT2D eigenvalue weighted by molar-refractivity contribution is 6.04. The minimum absolute atomic E-state index is 0.0739. The van der Waals surface area contributed by atoms with Crippen molar-refractivity contribution in [3.05, 3.63) is 65.1 Å². The van der Waals surface area contributed by atoms with Gasteiger partial charge in [-0.15, -0.1) is 0 Å². The Balaban J connectivity index is 1.39. The zero-order valence-electron chi connectivity index (χ0n) is 23.1. The first-order valence-electron chi connectivity index (χ1n) is 13.2. The smallest absolute Gasteiger partial charge is 0.416 e. The monoisotopic (exact) mass is 574 g/mol. The van der Waals surface area contributed by atoms with Gasteiger partial charge in [-0.05, 0) is 62.8 Å². The molecule has 41 heavy (non-hydrogen) atoms. The number of anilines is 2. The number of benzene rings is 2.